The first kappa shape index (κ1) is 14.7. The van der Waals surface area contributed by atoms with Gasteiger partial charge in [-0.15, -0.1) is 13.2 Å². The molecule has 0 bridgehead atoms. The van der Waals surface area contributed by atoms with Gasteiger partial charge in [0.05, 0.1) is 0 Å². The van der Waals surface area contributed by atoms with Gasteiger partial charge >= 0.3 is 0 Å². The first-order valence-electron chi connectivity index (χ1n) is 6.31. The van der Waals surface area contributed by atoms with E-state index >= 15 is 0 Å². The maximum atomic E-state index is 5.88. The highest BCUT2D eigenvalue weighted by molar-refractivity contribution is 6.46. The van der Waals surface area contributed by atoms with Crippen LogP contribution in [0.4, 0.5) is 0 Å². The van der Waals surface area contributed by atoms with Crippen LogP contribution in [0, 0.1) is 5.92 Å². The molecule has 0 aliphatic heterocycles. The second-order valence-corrected chi connectivity index (χ2v) is 5.89. The Hall–Kier alpha value is -1.38. The summed E-state index contributed by atoms with van der Waals surface area (Å²) in [6.45, 7) is 12.1. The average Bonchev–Trinajstić information content (AvgIpc) is 2.40. The van der Waals surface area contributed by atoms with Gasteiger partial charge in [-0.05, 0) is 29.5 Å². The molecule has 0 aromatic heterocycles. The molecule has 1 aromatic carbocycles. The van der Waals surface area contributed by atoms with E-state index in [4.69, 9.17) is 4.43 Å². The lowest BCUT2D eigenvalue weighted by molar-refractivity contribution is 0.266. The number of hydrogen-bond acceptors (Lipinski definition) is 1. The molecule has 0 heterocycles. The van der Waals surface area contributed by atoms with Gasteiger partial charge in [0.2, 0.25) is 0 Å². The lowest BCUT2D eigenvalue weighted by atomic mass is 10.0. The van der Waals surface area contributed by atoms with E-state index in [1.54, 1.807) is 0 Å². The molecule has 0 saturated heterocycles. The topological polar surface area (TPSA) is 9.23 Å². The molecule has 0 atom stereocenters. The molecule has 1 aromatic rings. The van der Waals surface area contributed by atoms with Crippen LogP contribution < -0.4 is 5.19 Å². The summed E-state index contributed by atoms with van der Waals surface area (Å²) in [6.07, 6.45) is 7.76. The van der Waals surface area contributed by atoms with Crippen molar-refractivity contribution in [2.24, 2.45) is 5.92 Å². The lowest BCUT2D eigenvalue weighted by Gasteiger charge is -2.13. The lowest BCUT2D eigenvalue weighted by Crippen LogP contribution is -2.20. The molecule has 0 N–H and O–H groups in total. The fourth-order valence-electron chi connectivity index (χ4n) is 1.80. The van der Waals surface area contributed by atoms with Crippen LogP contribution in [0.3, 0.4) is 0 Å². The molecule has 1 nitrogen and oxygen atoms in total. The summed E-state index contributed by atoms with van der Waals surface area (Å²) in [5.41, 5.74) is 1.16. The maximum absolute atomic E-state index is 5.88. The van der Waals surface area contributed by atoms with Crippen molar-refractivity contribution in [1.29, 1.82) is 0 Å². The van der Waals surface area contributed by atoms with Gasteiger partial charge in [-0.1, -0.05) is 49.1 Å². The largest absolute Gasteiger partial charge is 0.418 e. The van der Waals surface area contributed by atoms with Gasteiger partial charge in [-0.2, -0.15) is 0 Å². The van der Waals surface area contributed by atoms with Crippen molar-refractivity contribution in [3.63, 3.8) is 0 Å². The van der Waals surface area contributed by atoms with E-state index in [-0.39, 0.29) is 0 Å². The predicted molar refractivity (Wildman–Crippen MR) is 83.8 cm³/mol. The third-order valence-electron chi connectivity index (χ3n) is 2.84. The number of rotatable bonds is 9. The average molecular weight is 258 g/mol. The van der Waals surface area contributed by atoms with Crippen LogP contribution in [-0.2, 0) is 4.43 Å². The predicted octanol–water partition coefficient (Wildman–Crippen LogP) is 2.82. The summed E-state index contributed by atoms with van der Waals surface area (Å²) in [6, 6.07) is 8.45. The third-order valence-corrected chi connectivity index (χ3v) is 4.08. The van der Waals surface area contributed by atoms with Crippen LogP contribution >= 0.6 is 0 Å². The van der Waals surface area contributed by atoms with Gasteiger partial charge < -0.3 is 4.43 Å². The summed E-state index contributed by atoms with van der Waals surface area (Å²) < 4.78 is 5.88. The monoisotopic (exact) mass is 258 g/mol. The highest BCUT2D eigenvalue weighted by Crippen LogP contribution is 2.09. The zero-order valence-corrected chi connectivity index (χ0v) is 12.4. The molecular weight excluding hydrogens is 236 g/mol. The van der Waals surface area contributed by atoms with Crippen molar-refractivity contribution in [2.75, 3.05) is 6.61 Å². The second-order valence-electron chi connectivity index (χ2n) is 4.38. The molecule has 0 fully saturated rings. The van der Waals surface area contributed by atoms with Gasteiger partial charge in [0, 0.05) is 6.61 Å². The van der Waals surface area contributed by atoms with E-state index in [9.17, 15) is 0 Å². The molecule has 0 unspecified atom stereocenters. The highest BCUT2D eigenvalue weighted by Gasteiger charge is 2.05. The zero-order chi connectivity index (χ0) is 13.2. The van der Waals surface area contributed by atoms with Gasteiger partial charge in [0.25, 0.3) is 0 Å². The molecule has 0 aliphatic carbocycles. The van der Waals surface area contributed by atoms with Crippen molar-refractivity contribution in [3.8, 4) is 0 Å². The molecule has 0 amide bonds. The Morgan fingerprint density at radius 1 is 1.06 bits per heavy atom. The third kappa shape index (κ3) is 5.30. The second kappa shape index (κ2) is 8.67. The molecule has 0 aliphatic rings. The summed E-state index contributed by atoms with van der Waals surface area (Å²) in [5.74, 6) is 0.528. The van der Waals surface area contributed by atoms with Crippen molar-refractivity contribution in [1.82, 2.24) is 0 Å². The standard InChI is InChI=1S/C16H22OSi/c1-4-7-15(8-5-2)13-17-18-16-11-9-14(6-3)10-12-16/h4-6,9-12,15H,1-3,7-8,13,18H2. The van der Waals surface area contributed by atoms with Crippen LogP contribution in [0.1, 0.15) is 18.4 Å². The quantitative estimate of drug-likeness (QED) is 0.489. The summed E-state index contributed by atoms with van der Waals surface area (Å²) in [7, 11) is -0.615. The van der Waals surface area contributed by atoms with Gasteiger partial charge in [-0.25, -0.2) is 0 Å². The molecule has 2 heteroatoms. The Kier molecular flexibility index (Phi) is 7.07. The van der Waals surface area contributed by atoms with E-state index in [2.05, 4.69) is 44.0 Å². The molecule has 0 radical (unpaired) electrons. The van der Waals surface area contributed by atoms with E-state index in [0.717, 1.165) is 25.0 Å². The van der Waals surface area contributed by atoms with Crippen molar-refractivity contribution < 1.29 is 4.43 Å². The molecule has 0 saturated carbocycles. The number of allylic oxidation sites excluding steroid dienone is 2. The van der Waals surface area contributed by atoms with Gasteiger partial charge in [-0.3, -0.25) is 0 Å². The van der Waals surface area contributed by atoms with E-state index in [1.807, 2.05) is 18.2 Å². The minimum atomic E-state index is -0.615. The number of hydrogen-bond donors (Lipinski definition) is 0. The van der Waals surface area contributed by atoms with Crippen LogP contribution in [0.25, 0.3) is 6.08 Å². The van der Waals surface area contributed by atoms with Crippen LogP contribution in [0.2, 0.25) is 0 Å². The number of benzene rings is 1. The highest BCUT2D eigenvalue weighted by atomic mass is 28.2. The summed E-state index contributed by atoms with van der Waals surface area (Å²) in [4.78, 5) is 0. The minimum Gasteiger partial charge on any atom is -0.418 e. The fraction of sp³-hybridized carbons (Fsp3) is 0.250. The van der Waals surface area contributed by atoms with Gasteiger partial charge in [0.1, 0.15) is 0 Å². The first-order valence-corrected chi connectivity index (χ1v) is 7.59. The van der Waals surface area contributed by atoms with Crippen LogP contribution in [-0.4, -0.2) is 16.4 Å². The molecule has 0 spiro atoms. The fourth-order valence-corrected chi connectivity index (χ4v) is 2.91. The molecular formula is C16H22OSi. The summed E-state index contributed by atoms with van der Waals surface area (Å²) in [5, 5.41) is 1.33. The van der Waals surface area contributed by atoms with Gasteiger partial charge in [0.15, 0.2) is 9.76 Å². The molecule has 1 rings (SSSR count). The van der Waals surface area contributed by atoms with E-state index < -0.39 is 9.76 Å². The van der Waals surface area contributed by atoms with Crippen molar-refractivity contribution >= 4 is 21.0 Å². The Bertz CT molecular complexity index is 371. The van der Waals surface area contributed by atoms with Crippen LogP contribution in [0.5, 0.6) is 0 Å². The Morgan fingerprint density at radius 3 is 2.17 bits per heavy atom. The normalized spacial score (nSPS) is 10.9. The zero-order valence-electron chi connectivity index (χ0n) is 11.0. The SMILES string of the molecule is C=CCC(CC=C)CO[SiH2]c1ccc(C=C)cc1. The van der Waals surface area contributed by atoms with Crippen molar-refractivity contribution in [3.05, 3.63) is 61.7 Å². The maximum Gasteiger partial charge on any atom is 0.192 e. The Balaban J connectivity index is 2.36. The summed E-state index contributed by atoms with van der Waals surface area (Å²) >= 11 is 0. The van der Waals surface area contributed by atoms with Crippen molar-refractivity contribution in [2.45, 2.75) is 12.8 Å². The molecule has 96 valence electrons. The Morgan fingerprint density at radius 2 is 1.67 bits per heavy atom. The van der Waals surface area contributed by atoms with E-state index in [0.29, 0.717) is 5.92 Å². The molecule has 18 heavy (non-hydrogen) atoms. The first-order chi connectivity index (χ1) is 8.80. The Labute approximate surface area is 113 Å². The van der Waals surface area contributed by atoms with Crippen LogP contribution in [0.15, 0.2) is 56.2 Å². The smallest absolute Gasteiger partial charge is 0.192 e. The minimum absolute atomic E-state index is 0.528. The van der Waals surface area contributed by atoms with E-state index in [1.165, 1.54) is 5.19 Å².